The SMILES string of the molecule is COC.C[C@@H]1[C@@H](C)[C@H](CNF)O[C@H](CO)[C@@H]1C. The number of methoxy groups -OCH3 is 1. The topological polar surface area (TPSA) is 50.7 Å². The van der Waals surface area contributed by atoms with Crippen molar-refractivity contribution in [3.63, 3.8) is 0 Å². The lowest BCUT2D eigenvalue weighted by molar-refractivity contribution is -0.148. The molecule has 0 saturated carbocycles. The third kappa shape index (κ3) is 4.87. The van der Waals surface area contributed by atoms with Gasteiger partial charge in [-0.05, 0) is 17.8 Å². The molecule has 1 rings (SSSR count). The fourth-order valence-corrected chi connectivity index (χ4v) is 2.15. The van der Waals surface area contributed by atoms with Gasteiger partial charge in [-0.25, -0.2) is 0 Å². The van der Waals surface area contributed by atoms with E-state index in [9.17, 15) is 4.48 Å². The molecule has 1 saturated heterocycles. The molecule has 104 valence electrons. The Labute approximate surface area is 103 Å². The highest BCUT2D eigenvalue weighted by Gasteiger charge is 2.38. The molecule has 0 radical (unpaired) electrons. The van der Waals surface area contributed by atoms with E-state index in [4.69, 9.17) is 9.84 Å². The summed E-state index contributed by atoms with van der Waals surface area (Å²) >= 11 is 0. The number of halogens is 1. The van der Waals surface area contributed by atoms with Crippen LogP contribution >= 0.6 is 0 Å². The first kappa shape index (κ1) is 16.8. The Hall–Kier alpha value is -0.230. The van der Waals surface area contributed by atoms with Gasteiger partial charge in [0, 0.05) is 14.2 Å². The molecule has 1 fully saturated rings. The fourth-order valence-electron chi connectivity index (χ4n) is 2.15. The smallest absolute Gasteiger partial charge is 0.0838 e. The zero-order valence-corrected chi connectivity index (χ0v) is 11.4. The van der Waals surface area contributed by atoms with E-state index >= 15 is 0 Å². The summed E-state index contributed by atoms with van der Waals surface area (Å²) in [6, 6.07) is 0. The highest BCUT2D eigenvalue weighted by atomic mass is 19.2. The average molecular weight is 251 g/mol. The van der Waals surface area contributed by atoms with E-state index in [-0.39, 0.29) is 25.4 Å². The van der Waals surface area contributed by atoms with Crippen LogP contribution in [0.2, 0.25) is 0 Å². The molecule has 1 aliphatic rings. The molecule has 2 N–H and O–H groups in total. The van der Waals surface area contributed by atoms with Crippen LogP contribution in [0.5, 0.6) is 0 Å². The Balaban J connectivity index is 0.000000770. The van der Waals surface area contributed by atoms with Crippen LogP contribution in [0, 0.1) is 17.8 Å². The molecule has 0 aromatic rings. The van der Waals surface area contributed by atoms with Crippen molar-refractivity contribution in [2.24, 2.45) is 17.8 Å². The summed E-state index contributed by atoms with van der Waals surface area (Å²) in [5.41, 5.74) is 1.64. The number of nitrogens with one attached hydrogen (secondary N) is 1. The number of hydrogen-bond donors (Lipinski definition) is 2. The van der Waals surface area contributed by atoms with Crippen molar-refractivity contribution in [2.75, 3.05) is 27.4 Å². The van der Waals surface area contributed by atoms with Crippen LogP contribution < -0.4 is 5.54 Å². The molecule has 0 aromatic heterocycles. The maximum absolute atomic E-state index is 12.0. The number of aliphatic hydroxyl groups excluding tert-OH is 1. The molecular formula is C12H26FNO3. The summed E-state index contributed by atoms with van der Waals surface area (Å²) in [5.74, 6) is 1.08. The van der Waals surface area contributed by atoms with Crippen molar-refractivity contribution in [1.82, 2.24) is 5.54 Å². The Kier molecular flexibility index (Phi) is 8.68. The van der Waals surface area contributed by atoms with E-state index in [1.165, 1.54) is 0 Å². The molecule has 5 heteroatoms. The van der Waals surface area contributed by atoms with Gasteiger partial charge in [0.2, 0.25) is 0 Å². The highest BCUT2D eigenvalue weighted by Crippen LogP contribution is 2.34. The number of rotatable bonds is 3. The van der Waals surface area contributed by atoms with Crippen LogP contribution in [0.3, 0.4) is 0 Å². The van der Waals surface area contributed by atoms with Gasteiger partial charge in [-0.2, -0.15) is 5.54 Å². The van der Waals surface area contributed by atoms with Crippen molar-refractivity contribution in [3.8, 4) is 0 Å². The third-order valence-corrected chi connectivity index (χ3v) is 3.64. The normalized spacial score (nSPS) is 37.2. The Bertz CT molecular complexity index is 191. The first-order valence-electron chi connectivity index (χ1n) is 6.03. The summed E-state index contributed by atoms with van der Waals surface area (Å²) < 4.78 is 21.9. The van der Waals surface area contributed by atoms with Gasteiger partial charge in [-0.15, -0.1) is 4.48 Å². The Morgan fingerprint density at radius 3 is 2.00 bits per heavy atom. The van der Waals surface area contributed by atoms with Crippen LogP contribution in [0.1, 0.15) is 20.8 Å². The van der Waals surface area contributed by atoms with Gasteiger partial charge < -0.3 is 14.6 Å². The zero-order chi connectivity index (χ0) is 13.4. The predicted octanol–water partition coefficient (Wildman–Crippen LogP) is 1.39. The van der Waals surface area contributed by atoms with E-state index in [0.717, 1.165) is 0 Å². The predicted molar refractivity (Wildman–Crippen MR) is 65.3 cm³/mol. The molecule has 0 unspecified atom stereocenters. The second-order valence-electron chi connectivity index (χ2n) is 4.72. The second-order valence-corrected chi connectivity index (χ2v) is 4.72. The number of aliphatic hydroxyl groups is 1. The lowest BCUT2D eigenvalue weighted by atomic mass is 9.76. The highest BCUT2D eigenvalue weighted by molar-refractivity contribution is 4.86. The van der Waals surface area contributed by atoms with Crippen molar-refractivity contribution in [3.05, 3.63) is 0 Å². The zero-order valence-electron chi connectivity index (χ0n) is 11.4. The monoisotopic (exact) mass is 251 g/mol. The molecule has 17 heavy (non-hydrogen) atoms. The second kappa shape index (κ2) is 8.80. The maximum Gasteiger partial charge on any atom is 0.0838 e. The van der Waals surface area contributed by atoms with Gasteiger partial charge in [-0.3, -0.25) is 0 Å². The van der Waals surface area contributed by atoms with Gasteiger partial charge in [0.05, 0.1) is 25.4 Å². The van der Waals surface area contributed by atoms with Crippen molar-refractivity contribution in [1.29, 1.82) is 0 Å². The molecule has 0 amide bonds. The van der Waals surface area contributed by atoms with Gasteiger partial charge in [0.15, 0.2) is 0 Å². The van der Waals surface area contributed by atoms with Crippen LogP contribution in [0.15, 0.2) is 0 Å². The van der Waals surface area contributed by atoms with E-state index in [2.05, 4.69) is 25.5 Å². The van der Waals surface area contributed by atoms with Crippen LogP contribution in [-0.2, 0) is 9.47 Å². The van der Waals surface area contributed by atoms with Gasteiger partial charge in [0.1, 0.15) is 0 Å². The third-order valence-electron chi connectivity index (χ3n) is 3.64. The minimum Gasteiger partial charge on any atom is -0.394 e. The summed E-state index contributed by atoms with van der Waals surface area (Å²) in [6.45, 7) is 6.49. The molecule has 1 heterocycles. The van der Waals surface area contributed by atoms with Gasteiger partial charge >= 0.3 is 0 Å². The first-order valence-corrected chi connectivity index (χ1v) is 6.03. The summed E-state index contributed by atoms with van der Waals surface area (Å²) in [7, 11) is 3.25. The Morgan fingerprint density at radius 1 is 1.12 bits per heavy atom. The lowest BCUT2D eigenvalue weighted by Crippen LogP contribution is -2.49. The van der Waals surface area contributed by atoms with Crippen LogP contribution in [-0.4, -0.2) is 44.7 Å². The van der Waals surface area contributed by atoms with Crippen molar-refractivity contribution >= 4 is 0 Å². The number of hydrogen-bond acceptors (Lipinski definition) is 4. The fraction of sp³-hybridized carbons (Fsp3) is 1.00. The van der Waals surface area contributed by atoms with Crippen LogP contribution in [0.25, 0.3) is 0 Å². The van der Waals surface area contributed by atoms with E-state index < -0.39 is 0 Å². The largest absolute Gasteiger partial charge is 0.394 e. The van der Waals surface area contributed by atoms with Crippen LogP contribution in [0.4, 0.5) is 4.48 Å². The summed E-state index contributed by atoms with van der Waals surface area (Å²) in [5, 5.41) is 9.11. The van der Waals surface area contributed by atoms with Crippen molar-refractivity contribution in [2.45, 2.75) is 33.0 Å². The molecule has 0 bridgehead atoms. The summed E-state index contributed by atoms with van der Waals surface area (Å²) in [6.07, 6.45) is -0.289. The molecular weight excluding hydrogens is 225 g/mol. The van der Waals surface area contributed by atoms with E-state index in [0.29, 0.717) is 17.8 Å². The number of ether oxygens (including phenoxy) is 2. The maximum atomic E-state index is 12.0. The summed E-state index contributed by atoms with van der Waals surface area (Å²) in [4.78, 5) is 0. The quantitative estimate of drug-likeness (QED) is 0.744. The molecule has 5 atom stereocenters. The van der Waals surface area contributed by atoms with E-state index in [1.807, 2.05) is 0 Å². The standard InChI is InChI=1S/C10H20FNO2.C2H6O/c1-6-7(2)9(4-12-11)14-10(5-13)8(6)3;1-3-2/h6-10,12-13H,4-5H2,1-3H3;1-2H3/t6-,7-,8-,9+,10-;/m1./s1. The van der Waals surface area contributed by atoms with Crippen molar-refractivity contribution < 1.29 is 19.1 Å². The Morgan fingerprint density at radius 2 is 1.59 bits per heavy atom. The first-order chi connectivity index (χ1) is 8.03. The average Bonchev–Trinajstić information content (AvgIpc) is 2.31. The van der Waals surface area contributed by atoms with Gasteiger partial charge in [-0.1, -0.05) is 20.8 Å². The van der Waals surface area contributed by atoms with Gasteiger partial charge in [0.25, 0.3) is 0 Å². The minimum atomic E-state index is -0.153. The lowest BCUT2D eigenvalue weighted by Gasteiger charge is -2.43. The molecule has 0 aromatic carbocycles. The molecule has 0 aliphatic carbocycles. The van der Waals surface area contributed by atoms with E-state index in [1.54, 1.807) is 19.8 Å². The minimum absolute atomic E-state index is 0.0149. The molecule has 1 aliphatic heterocycles. The molecule has 0 spiro atoms. The molecule has 4 nitrogen and oxygen atoms in total.